The molecule has 0 aromatic carbocycles. The Morgan fingerprint density at radius 2 is 2.30 bits per heavy atom. The lowest BCUT2D eigenvalue weighted by molar-refractivity contribution is -0.129. The minimum Gasteiger partial charge on any atom is -0.356 e. The van der Waals surface area contributed by atoms with Gasteiger partial charge in [-0.25, -0.2) is 0 Å². The second-order valence-corrected chi connectivity index (χ2v) is 5.77. The Kier molecular flexibility index (Phi) is 3.42. The van der Waals surface area contributed by atoms with Crippen LogP contribution in [0.1, 0.15) is 42.6 Å². The number of hydrogen-bond acceptors (Lipinski definition) is 3. The Morgan fingerprint density at radius 3 is 3.00 bits per heavy atom. The van der Waals surface area contributed by atoms with Gasteiger partial charge < -0.3 is 10.6 Å². The molecule has 20 heavy (non-hydrogen) atoms. The van der Waals surface area contributed by atoms with Crippen LogP contribution in [-0.4, -0.2) is 29.4 Å². The van der Waals surface area contributed by atoms with Gasteiger partial charge in [0, 0.05) is 18.8 Å². The quantitative estimate of drug-likeness (QED) is 0.852. The first-order chi connectivity index (χ1) is 9.70. The van der Waals surface area contributed by atoms with E-state index in [0.29, 0.717) is 5.69 Å². The van der Waals surface area contributed by atoms with E-state index in [-0.39, 0.29) is 23.3 Å². The number of pyridine rings is 1. The monoisotopic (exact) mass is 273 g/mol. The summed E-state index contributed by atoms with van der Waals surface area (Å²) in [4.78, 5) is 28.2. The molecule has 1 spiro atoms. The first-order valence-corrected chi connectivity index (χ1v) is 7.20. The van der Waals surface area contributed by atoms with E-state index in [2.05, 4.69) is 15.6 Å². The molecule has 1 aromatic rings. The fourth-order valence-electron chi connectivity index (χ4n) is 3.39. The lowest BCUT2D eigenvalue weighted by atomic mass is 9.71. The predicted molar refractivity (Wildman–Crippen MR) is 74.0 cm³/mol. The Bertz CT molecular complexity index is 517. The van der Waals surface area contributed by atoms with E-state index in [4.69, 9.17) is 0 Å². The number of carbonyl (C=O) groups is 2. The summed E-state index contributed by atoms with van der Waals surface area (Å²) in [5, 5.41) is 5.95. The van der Waals surface area contributed by atoms with Gasteiger partial charge in [0.15, 0.2) is 0 Å². The molecule has 2 heterocycles. The first kappa shape index (κ1) is 13.1. The summed E-state index contributed by atoms with van der Waals surface area (Å²) in [5.74, 6) is 0.0142. The molecular weight excluding hydrogens is 254 g/mol. The zero-order valence-corrected chi connectivity index (χ0v) is 11.4. The summed E-state index contributed by atoms with van der Waals surface area (Å²) >= 11 is 0. The number of carbonyl (C=O) groups excluding carboxylic acids is 2. The fraction of sp³-hybridized carbons (Fsp3) is 0.533. The summed E-state index contributed by atoms with van der Waals surface area (Å²) in [6.07, 6.45) is 6.11. The normalized spacial score (nSPS) is 29.2. The average molecular weight is 273 g/mol. The van der Waals surface area contributed by atoms with Gasteiger partial charge in [-0.3, -0.25) is 14.6 Å². The maximum atomic E-state index is 12.1. The van der Waals surface area contributed by atoms with Gasteiger partial charge in [0.25, 0.3) is 5.91 Å². The molecule has 1 saturated carbocycles. The summed E-state index contributed by atoms with van der Waals surface area (Å²) < 4.78 is 0. The van der Waals surface area contributed by atoms with E-state index in [0.717, 1.165) is 38.6 Å². The van der Waals surface area contributed by atoms with Crippen LogP contribution in [-0.2, 0) is 4.79 Å². The number of amides is 2. The van der Waals surface area contributed by atoms with Crippen molar-refractivity contribution in [1.29, 1.82) is 0 Å². The Balaban J connectivity index is 1.66. The van der Waals surface area contributed by atoms with Crippen LogP contribution >= 0.6 is 0 Å². The highest BCUT2D eigenvalue weighted by Gasteiger charge is 2.45. The zero-order valence-electron chi connectivity index (χ0n) is 11.4. The van der Waals surface area contributed by atoms with Crippen molar-refractivity contribution >= 4 is 11.8 Å². The van der Waals surface area contributed by atoms with Gasteiger partial charge in [-0.15, -0.1) is 0 Å². The molecule has 5 nitrogen and oxygen atoms in total. The molecule has 2 atom stereocenters. The van der Waals surface area contributed by atoms with Crippen LogP contribution in [0.2, 0.25) is 0 Å². The van der Waals surface area contributed by atoms with Crippen molar-refractivity contribution in [3.8, 4) is 0 Å². The van der Waals surface area contributed by atoms with Crippen molar-refractivity contribution < 1.29 is 9.59 Å². The maximum absolute atomic E-state index is 12.1. The average Bonchev–Trinajstić information content (AvgIpc) is 2.81. The maximum Gasteiger partial charge on any atom is 0.270 e. The highest BCUT2D eigenvalue weighted by molar-refractivity contribution is 5.92. The Labute approximate surface area is 118 Å². The molecule has 1 aromatic heterocycles. The van der Waals surface area contributed by atoms with Crippen molar-refractivity contribution in [2.24, 2.45) is 5.41 Å². The fourth-order valence-corrected chi connectivity index (χ4v) is 3.39. The van der Waals surface area contributed by atoms with Crippen molar-refractivity contribution in [1.82, 2.24) is 15.6 Å². The van der Waals surface area contributed by atoms with Crippen molar-refractivity contribution in [2.45, 2.75) is 38.1 Å². The lowest BCUT2D eigenvalue weighted by Crippen LogP contribution is -2.45. The molecule has 2 fully saturated rings. The molecule has 5 heteroatoms. The second-order valence-electron chi connectivity index (χ2n) is 5.77. The van der Waals surface area contributed by atoms with Gasteiger partial charge in [0.05, 0.1) is 5.41 Å². The lowest BCUT2D eigenvalue weighted by Gasteiger charge is -2.36. The highest BCUT2D eigenvalue weighted by atomic mass is 16.2. The van der Waals surface area contributed by atoms with Crippen LogP contribution in [0.15, 0.2) is 24.4 Å². The second kappa shape index (κ2) is 5.23. The summed E-state index contributed by atoms with van der Waals surface area (Å²) in [6, 6.07) is 5.36. The van der Waals surface area contributed by atoms with E-state index in [9.17, 15) is 9.59 Å². The number of hydrogen-bond donors (Lipinski definition) is 2. The minimum atomic E-state index is -0.250. The molecule has 1 saturated heterocycles. The van der Waals surface area contributed by atoms with Crippen LogP contribution in [0, 0.1) is 5.41 Å². The van der Waals surface area contributed by atoms with Crippen molar-refractivity contribution in [3.05, 3.63) is 30.1 Å². The number of rotatable bonds is 2. The van der Waals surface area contributed by atoms with Crippen molar-refractivity contribution in [2.75, 3.05) is 6.54 Å². The van der Waals surface area contributed by atoms with Crippen LogP contribution in [0.3, 0.4) is 0 Å². The predicted octanol–water partition coefficient (Wildman–Crippen LogP) is 1.26. The van der Waals surface area contributed by atoms with Gasteiger partial charge in [0.2, 0.25) is 5.91 Å². The molecular formula is C15H19N3O2. The largest absolute Gasteiger partial charge is 0.356 e. The van der Waals surface area contributed by atoms with Crippen LogP contribution in [0.4, 0.5) is 0 Å². The number of aromatic nitrogens is 1. The molecule has 0 unspecified atom stereocenters. The van der Waals surface area contributed by atoms with E-state index in [1.807, 2.05) is 0 Å². The minimum absolute atomic E-state index is 0.0714. The van der Waals surface area contributed by atoms with E-state index in [1.165, 1.54) is 0 Å². The van der Waals surface area contributed by atoms with Gasteiger partial charge in [0.1, 0.15) is 5.69 Å². The standard InChI is InChI=1S/C15H19N3O2/c19-13(12-5-1-2-8-16-12)18-11-4-3-6-15(10-11)7-9-17-14(15)20/h1-2,5,8,11H,3-4,6-7,9-10H2,(H,17,20)(H,18,19)/t11-,15-/m0/s1. The SMILES string of the molecule is O=C(N[C@H]1CCC[C@]2(CCNC2=O)C1)c1ccccn1. The molecule has 0 radical (unpaired) electrons. The van der Waals surface area contributed by atoms with Gasteiger partial charge >= 0.3 is 0 Å². The molecule has 1 aliphatic heterocycles. The third-order valence-electron chi connectivity index (χ3n) is 4.45. The molecule has 2 amide bonds. The summed E-state index contributed by atoms with van der Waals surface area (Å²) in [7, 11) is 0. The van der Waals surface area contributed by atoms with E-state index >= 15 is 0 Å². The van der Waals surface area contributed by atoms with Crippen LogP contribution in [0.25, 0.3) is 0 Å². The van der Waals surface area contributed by atoms with Gasteiger partial charge in [-0.2, -0.15) is 0 Å². The molecule has 2 N–H and O–H groups in total. The molecule has 3 rings (SSSR count). The molecule has 1 aliphatic carbocycles. The Morgan fingerprint density at radius 1 is 1.40 bits per heavy atom. The topological polar surface area (TPSA) is 71.1 Å². The highest BCUT2D eigenvalue weighted by Crippen LogP contribution is 2.41. The zero-order chi connectivity index (χ0) is 14.0. The summed E-state index contributed by atoms with van der Waals surface area (Å²) in [6.45, 7) is 0.764. The van der Waals surface area contributed by atoms with Gasteiger partial charge in [-0.1, -0.05) is 12.5 Å². The first-order valence-electron chi connectivity index (χ1n) is 7.20. The van der Waals surface area contributed by atoms with E-state index in [1.54, 1.807) is 24.4 Å². The van der Waals surface area contributed by atoms with Crippen LogP contribution in [0.5, 0.6) is 0 Å². The van der Waals surface area contributed by atoms with Crippen molar-refractivity contribution in [3.63, 3.8) is 0 Å². The van der Waals surface area contributed by atoms with Crippen LogP contribution < -0.4 is 10.6 Å². The third kappa shape index (κ3) is 2.40. The molecule has 2 aliphatic rings. The smallest absolute Gasteiger partial charge is 0.270 e. The third-order valence-corrected chi connectivity index (χ3v) is 4.45. The Hall–Kier alpha value is -1.91. The molecule has 106 valence electrons. The van der Waals surface area contributed by atoms with E-state index < -0.39 is 0 Å². The molecule has 0 bridgehead atoms. The number of nitrogens with one attached hydrogen (secondary N) is 2. The summed E-state index contributed by atoms with van der Waals surface area (Å²) in [5.41, 5.74) is 0.184. The van der Waals surface area contributed by atoms with Gasteiger partial charge in [-0.05, 0) is 37.8 Å². The number of nitrogens with zero attached hydrogens (tertiary/aromatic N) is 1.